The van der Waals surface area contributed by atoms with Crippen molar-refractivity contribution in [3.63, 3.8) is 0 Å². The van der Waals surface area contributed by atoms with E-state index in [1.165, 1.54) is 28.9 Å². The van der Waals surface area contributed by atoms with Crippen LogP contribution < -0.4 is 5.32 Å². The number of anilines is 2. The smallest absolute Gasteiger partial charge is 0.211 e. The highest BCUT2D eigenvalue weighted by Crippen LogP contribution is 2.33. The Hall–Kier alpha value is -2.38. The highest BCUT2D eigenvalue weighted by molar-refractivity contribution is 7.15. The second kappa shape index (κ2) is 7.47. The van der Waals surface area contributed by atoms with Crippen molar-refractivity contribution in [3.05, 3.63) is 58.5 Å². The molecule has 134 valence electrons. The van der Waals surface area contributed by atoms with Crippen LogP contribution in [0.25, 0.3) is 0 Å². The molecule has 1 fully saturated rings. The zero-order chi connectivity index (χ0) is 17.9. The SMILES string of the molecule is Cc1nnc(Nc2cncc(C3CCCN3Cc3ccccc3C)n2)s1. The molecule has 0 spiro atoms. The van der Waals surface area contributed by atoms with Gasteiger partial charge in [0.25, 0.3) is 0 Å². The van der Waals surface area contributed by atoms with Gasteiger partial charge in [-0.15, -0.1) is 10.2 Å². The maximum atomic E-state index is 4.80. The van der Waals surface area contributed by atoms with Crippen LogP contribution in [0.3, 0.4) is 0 Å². The summed E-state index contributed by atoms with van der Waals surface area (Å²) in [6.07, 6.45) is 5.92. The number of likely N-dealkylation sites (tertiary alicyclic amines) is 1. The largest absolute Gasteiger partial charge is 0.313 e. The first-order valence-electron chi connectivity index (χ1n) is 8.86. The van der Waals surface area contributed by atoms with Crippen molar-refractivity contribution < 1.29 is 0 Å². The lowest BCUT2D eigenvalue weighted by atomic mass is 10.1. The lowest BCUT2D eigenvalue weighted by Crippen LogP contribution is -2.24. The van der Waals surface area contributed by atoms with Gasteiger partial charge in [-0.1, -0.05) is 35.6 Å². The first-order chi connectivity index (χ1) is 12.7. The summed E-state index contributed by atoms with van der Waals surface area (Å²) in [6, 6.07) is 8.90. The molecule has 26 heavy (non-hydrogen) atoms. The van der Waals surface area contributed by atoms with Gasteiger partial charge in [0, 0.05) is 6.54 Å². The third kappa shape index (κ3) is 3.73. The van der Waals surface area contributed by atoms with Crippen molar-refractivity contribution in [1.82, 2.24) is 25.1 Å². The van der Waals surface area contributed by atoms with E-state index in [9.17, 15) is 0 Å². The van der Waals surface area contributed by atoms with Gasteiger partial charge in [-0.3, -0.25) is 9.88 Å². The van der Waals surface area contributed by atoms with Crippen molar-refractivity contribution in [3.8, 4) is 0 Å². The third-order valence-electron chi connectivity index (χ3n) is 4.75. The van der Waals surface area contributed by atoms with Crippen LogP contribution >= 0.6 is 11.3 Å². The Morgan fingerprint density at radius 1 is 1.19 bits per heavy atom. The van der Waals surface area contributed by atoms with E-state index in [1.54, 1.807) is 6.20 Å². The van der Waals surface area contributed by atoms with E-state index in [-0.39, 0.29) is 0 Å². The van der Waals surface area contributed by atoms with Crippen LogP contribution in [0.2, 0.25) is 0 Å². The Bertz CT molecular complexity index is 893. The molecular formula is C19H22N6S. The summed E-state index contributed by atoms with van der Waals surface area (Å²) >= 11 is 1.51. The molecule has 6 nitrogen and oxygen atoms in total. The number of benzene rings is 1. The van der Waals surface area contributed by atoms with Crippen molar-refractivity contribution in [1.29, 1.82) is 0 Å². The first-order valence-corrected chi connectivity index (χ1v) is 9.68. The predicted molar refractivity (Wildman–Crippen MR) is 104 cm³/mol. The van der Waals surface area contributed by atoms with Crippen LogP contribution in [0.1, 0.15) is 40.7 Å². The van der Waals surface area contributed by atoms with Gasteiger partial charge in [0.1, 0.15) is 5.01 Å². The molecule has 4 rings (SSSR count). The summed E-state index contributed by atoms with van der Waals surface area (Å²) in [5, 5.41) is 13.0. The zero-order valence-corrected chi connectivity index (χ0v) is 15.8. The Morgan fingerprint density at radius 3 is 2.88 bits per heavy atom. The van der Waals surface area contributed by atoms with E-state index in [0.717, 1.165) is 41.2 Å². The maximum Gasteiger partial charge on any atom is 0.211 e. The summed E-state index contributed by atoms with van der Waals surface area (Å²) in [5.41, 5.74) is 3.74. The summed E-state index contributed by atoms with van der Waals surface area (Å²) in [7, 11) is 0. The lowest BCUT2D eigenvalue weighted by molar-refractivity contribution is 0.243. The summed E-state index contributed by atoms with van der Waals surface area (Å²) < 4.78 is 0. The third-order valence-corrected chi connectivity index (χ3v) is 5.51. The molecule has 7 heteroatoms. The van der Waals surface area contributed by atoms with Crippen LogP contribution in [0.4, 0.5) is 10.9 Å². The van der Waals surface area contributed by atoms with E-state index >= 15 is 0 Å². The lowest BCUT2D eigenvalue weighted by Gasteiger charge is -2.24. The van der Waals surface area contributed by atoms with Gasteiger partial charge in [0.15, 0.2) is 5.82 Å². The fraction of sp³-hybridized carbons (Fsp3) is 0.368. The average molecular weight is 366 g/mol. The van der Waals surface area contributed by atoms with Crippen LogP contribution in [-0.4, -0.2) is 31.6 Å². The van der Waals surface area contributed by atoms with E-state index < -0.39 is 0 Å². The monoisotopic (exact) mass is 366 g/mol. The molecule has 0 saturated carbocycles. The molecule has 0 aliphatic carbocycles. The highest BCUT2D eigenvalue weighted by Gasteiger charge is 2.27. The zero-order valence-electron chi connectivity index (χ0n) is 15.0. The number of rotatable bonds is 5. The summed E-state index contributed by atoms with van der Waals surface area (Å²) in [4.78, 5) is 11.7. The molecule has 3 heterocycles. The number of aromatic nitrogens is 4. The van der Waals surface area contributed by atoms with Gasteiger partial charge in [-0.2, -0.15) is 0 Å². The van der Waals surface area contributed by atoms with E-state index in [1.807, 2.05) is 13.1 Å². The molecule has 1 N–H and O–H groups in total. The van der Waals surface area contributed by atoms with Crippen LogP contribution in [0.15, 0.2) is 36.7 Å². The number of hydrogen-bond acceptors (Lipinski definition) is 7. The van der Waals surface area contributed by atoms with Gasteiger partial charge in [-0.25, -0.2) is 4.98 Å². The Morgan fingerprint density at radius 2 is 2.08 bits per heavy atom. The molecule has 1 atom stereocenters. The second-order valence-electron chi connectivity index (χ2n) is 6.64. The molecule has 1 aromatic carbocycles. The van der Waals surface area contributed by atoms with Gasteiger partial charge >= 0.3 is 0 Å². The van der Waals surface area contributed by atoms with Crippen LogP contribution in [-0.2, 0) is 6.54 Å². The molecular weight excluding hydrogens is 344 g/mol. The molecule has 0 amide bonds. The molecule has 1 aliphatic rings. The molecule has 2 aromatic heterocycles. The number of nitrogens with one attached hydrogen (secondary N) is 1. The summed E-state index contributed by atoms with van der Waals surface area (Å²) in [5.74, 6) is 0.724. The van der Waals surface area contributed by atoms with Gasteiger partial charge in [-0.05, 0) is 44.4 Å². The number of hydrogen-bond donors (Lipinski definition) is 1. The average Bonchev–Trinajstić information content (AvgIpc) is 3.26. The topological polar surface area (TPSA) is 66.8 Å². The molecule has 1 aliphatic heterocycles. The Labute approximate surface area is 157 Å². The van der Waals surface area contributed by atoms with Crippen molar-refractivity contribution in [2.24, 2.45) is 0 Å². The molecule has 1 unspecified atom stereocenters. The van der Waals surface area contributed by atoms with Crippen molar-refractivity contribution in [2.45, 2.75) is 39.3 Å². The fourth-order valence-corrected chi connectivity index (χ4v) is 4.01. The highest BCUT2D eigenvalue weighted by atomic mass is 32.1. The number of aryl methyl sites for hydroxylation is 2. The number of nitrogens with zero attached hydrogens (tertiary/aromatic N) is 5. The molecule has 3 aromatic rings. The standard InChI is InChI=1S/C19H22N6S/c1-13-6-3-4-7-15(13)12-25-9-5-8-17(25)16-10-20-11-18(21-16)22-19-24-23-14(2)26-19/h3-4,6-7,10-11,17H,5,8-9,12H2,1-2H3,(H,21,22,24). The normalized spacial score (nSPS) is 17.5. The molecule has 0 bridgehead atoms. The van der Waals surface area contributed by atoms with Crippen LogP contribution in [0, 0.1) is 13.8 Å². The fourth-order valence-electron chi connectivity index (χ4n) is 3.42. The molecule has 0 radical (unpaired) electrons. The Balaban J connectivity index is 1.52. The molecule has 1 saturated heterocycles. The van der Waals surface area contributed by atoms with Crippen molar-refractivity contribution in [2.75, 3.05) is 11.9 Å². The van der Waals surface area contributed by atoms with Crippen LogP contribution in [0.5, 0.6) is 0 Å². The maximum absolute atomic E-state index is 4.80. The van der Waals surface area contributed by atoms with E-state index in [4.69, 9.17) is 4.98 Å². The minimum Gasteiger partial charge on any atom is -0.313 e. The van der Waals surface area contributed by atoms with Crippen molar-refractivity contribution >= 4 is 22.3 Å². The van der Waals surface area contributed by atoms with Gasteiger partial charge < -0.3 is 5.32 Å². The second-order valence-corrected chi connectivity index (χ2v) is 7.82. The van der Waals surface area contributed by atoms with E-state index in [0.29, 0.717) is 6.04 Å². The quantitative estimate of drug-likeness (QED) is 0.735. The summed E-state index contributed by atoms with van der Waals surface area (Å²) in [6.45, 7) is 6.15. The van der Waals surface area contributed by atoms with Gasteiger partial charge in [0.05, 0.1) is 24.1 Å². The predicted octanol–water partition coefficient (Wildman–Crippen LogP) is 4.03. The van der Waals surface area contributed by atoms with Gasteiger partial charge in [0.2, 0.25) is 5.13 Å². The minimum absolute atomic E-state index is 0.306. The van der Waals surface area contributed by atoms with E-state index in [2.05, 4.69) is 56.6 Å². The minimum atomic E-state index is 0.306. The Kier molecular flexibility index (Phi) is 4.90. The first kappa shape index (κ1) is 17.1.